The normalized spacial score (nSPS) is 18.0. The number of piperidine rings is 1. The number of hydrogen-bond donors (Lipinski definition) is 2. The molecule has 1 unspecified atom stereocenters. The zero-order chi connectivity index (χ0) is 16.8. The van der Waals surface area contributed by atoms with Gasteiger partial charge in [0.2, 0.25) is 5.91 Å². The highest BCUT2D eigenvalue weighted by molar-refractivity contribution is 5.81. The third-order valence-electron chi connectivity index (χ3n) is 4.71. The summed E-state index contributed by atoms with van der Waals surface area (Å²) < 4.78 is 0. The summed E-state index contributed by atoms with van der Waals surface area (Å²) in [6, 6.07) is 0.419. The lowest BCUT2D eigenvalue weighted by molar-refractivity contribution is -0.134. The number of likely N-dealkylation sites (tertiary alicyclic amines) is 1. The van der Waals surface area contributed by atoms with Crippen LogP contribution in [0.2, 0.25) is 0 Å². The molecule has 0 aliphatic carbocycles. The minimum absolute atomic E-state index is 0.324. The van der Waals surface area contributed by atoms with Crippen molar-refractivity contribution in [2.45, 2.75) is 57.9 Å². The van der Waals surface area contributed by atoms with E-state index in [2.05, 4.69) is 37.1 Å². The number of hydrogen-bond acceptors (Lipinski definition) is 5. The highest BCUT2D eigenvalue weighted by Crippen LogP contribution is 2.18. The molecule has 1 atom stereocenters. The van der Waals surface area contributed by atoms with E-state index in [0.29, 0.717) is 24.0 Å². The average Bonchev–Trinajstić information content (AvgIpc) is 3.07. The molecule has 7 nitrogen and oxygen atoms in total. The molecule has 1 fully saturated rings. The molecule has 0 saturated carbocycles. The Bertz CT molecular complexity index is 670. The van der Waals surface area contributed by atoms with Crippen molar-refractivity contribution in [1.29, 1.82) is 0 Å². The summed E-state index contributed by atoms with van der Waals surface area (Å²) in [4.78, 5) is 29.8. The van der Waals surface area contributed by atoms with Gasteiger partial charge in [-0.05, 0) is 39.0 Å². The first kappa shape index (κ1) is 16.7. The van der Waals surface area contributed by atoms with E-state index in [1.807, 2.05) is 0 Å². The van der Waals surface area contributed by atoms with Gasteiger partial charge in [-0.3, -0.25) is 4.79 Å². The molecule has 3 rings (SSSR count). The van der Waals surface area contributed by atoms with E-state index in [1.165, 1.54) is 12.7 Å². The largest absolute Gasteiger partial charge is 0.368 e. The molecule has 1 aliphatic rings. The number of unbranched alkanes of at least 4 members (excludes halogenated alkanes) is 2. The molecule has 7 heteroatoms. The lowest BCUT2D eigenvalue weighted by Crippen LogP contribution is -2.41. The second-order valence-electron chi connectivity index (χ2n) is 6.49. The third-order valence-corrected chi connectivity index (χ3v) is 4.71. The van der Waals surface area contributed by atoms with Crippen molar-refractivity contribution in [3.63, 3.8) is 0 Å². The molecule has 1 amide bonds. The van der Waals surface area contributed by atoms with Crippen LogP contribution in [0.5, 0.6) is 0 Å². The summed E-state index contributed by atoms with van der Waals surface area (Å²) in [5, 5.41) is 3.31. The molecule has 0 aromatic carbocycles. The predicted molar refractivity (Wildman–Crippen MR) is 93.7 cm³/mol. The number of nitrogens with zero attached hydrogens (tertiary/aromatic N) is 4. The molecule has 1 saturated heterocycles. The Morgan fingerprint density at radius 1 is 1.29 bits per heavy atom. The van der Waals surface area contributed by atoms with Crippen LogP contribution in [0, 0.1) is 0 Å². The van der Waals surface area contributed by atoms with Gasteiger partial charge < -0.3 is 15.2 Å². The van der Waals surface area contributed by atoms with E-state index in [1.54, 1.807) is 6.33 Å². The van der Waals surface area contributed by atoms with Crippen molar-refractivity contribution >= 4 is 22.9 Å². The zero-order valence-corrected chi connectivity index (χ0v) is 14.3. The number of aromatic nitrogens is 4. The molecule has 2 aromatic rings. The maximum Gasteiger partial charge on any atom is 0.222 e. The van der Waals surface area contributed by atoms with Crippen LogP contribution in [0.3, 0.4) is 0 Å². The van der Waals surface area contributed by atoms with Gasteiger partial charge in [-0.2, -0.15) is 0 Å². The molecule has 0 bridgehead atoms. The van der Waals surface area contributed by atoms with Crippen LogP contribution in [-0.2, 0) is 4.79 Å². The summed E-state index contributed by atoms with van der Waals surface area (Å²) in [6.07, 6.45) is 10.4. The third kappa shape index (κ3) is 4.01. The highest BCUT2D eigenvalue weighted by Gasteiger charge is 2.22. The Hall–Kier alpha value is -2.18. The first-order chi connectivity index (χ1) is 11.8. The van der Waals surface area contributed by atoms with Crippen LogP contribution in [0.1, 0.15) is 51.9 Å². The topological polar surface area (TPSA) is 86.8 Å². The van der Waals surface area contributed by atoms with Crippen molar-refractivity contribution in [2.75, 3.05) is 18.4 Å². The van der Waals surface area contributed by atoms with Crippen LogP contribution in [0.4, 0.5) is 5.82 Å². The Balaban J connectivity index is 1.34. The summed E-state index contributed by atoms with van der Waals surface area (Å²) in [6.45, 7) is 3.94. The lowest BCUT2D eigenvalue weighted by atomic mass is 10.0. The Labute approximate surface area is 142 Å². The summed E-state index contributed by atoms with van der Waals surface area (Å²) in [5.74, 6) is 1.11. The number of H-pyrrole nitrogens is 1. The Morgan fingerprint density at radius 2 is 2.21 bits per heavy atom. The van der Waals surface area contributed by atoms with Crippen molar-refractivity contribution in [3.05, 3.63) is 12.7 Å². The predicted octanol–water partition coefficient (Wildman–Crippen LogP) is 2.73. The number of aromatic amines is 1. The van der Waals surface area contributed by atoms with E-state index in [9.17, 15) is 4.79 Å². The number of fused-ring (bicyclic) bond motifs is 1. The standard InChI is InChI=1S/C17H26N6O/c1-13-7-4-6-10-23(13)14(24)8-3-2-5-9-18-16-15-17(20-11-19-15)22-12-21-16/h11-13H,2-10H2,1H3,(H2,18,19,20,21,22). The van der Waals surface area contributed by atoms with Gasteiger partial charge in [-0.25, -0.2) is 15.0 Å². The van der Waals surface area contributed by atoms with Gasteiger partial charge in [-0.1, -0.05) is 6.42 Å². The first-order valence-corrected chi connectivity index (χ1v) is 8.93. The van der Waals surface area contributed by atoms with E-state index in [4.69, 9.17) is 0 Å². The summed E-state index contributed by atoms with van der Waals surface area (Å²) in [5.41, 5.74) is 1.51. The number of nitrogens with one attached hydrogen (secondary N) is 2. The van der Waals surface area contributed by atoms with E-state index in [0.717, 1.165) is 56.5 Å². The minimum Gasteiger partial charge on any atom is -0.368 e. The lowest BCUT2D eigenvalue weighted by Gasteiger charge is -2.33. The van der Waals surface area contributed by atoms with Crippen LogP contribution in [0.15, 0.2) is 12.7 Å². The number of anilines is 1. The van der Waals surface area contributed by atoms with Gasteiger partial charge in [0.05, 0.1) is 6.33 Å². The molecule has 3 heterocycles. The summed E-state index contributed by atoms with van der Waals surface area (Å²) in [7, 11) is 0. The number of carbonyl (C=O) groups excluding carboxylic acids is 1. The highest BCUT2D eigenvalue weighted by atomic mass is 16.2. The molecular formula is C17H26N6O. The average molecular weight is 330 g/mol. The van der Waals surface area contributed by atoms with Gasteiger partial charge in [0.15, 0.2) is 11.5 Å². The quantitative estimate of drug-likeness (QED) is 0.762. The first-order valence-electron chi connectivity index (χ1n) is 8.93. The second kappa shape index (κ2) is 8.08. The minimum atomic E-state index is 0.324. The molecule has 2 aromatic heterocycles. The second-order valence-corrected chi connectivity index (χ2v) is 6.49. The van der Waals surface area contributed by atoms with Crippen LogP contribution in [-0.4, -0.2) is 49.9 Å². The van der Waals surface area contributed by atoms with Crippen LogP contribution >= 0.6 is 0 Å². The number of rotatable bonds is 7. The molecular weight excluding hydrogens is 304 g/mol. The molecule has 0 radical (unpaired) electrons. The van der Waals surface area contributed by atoms with Gasteiger partial charge in [0.25, 0.3) is 0 Å². The molecule has 24 heavy (non-hydrogen) atoms. The Morgan fingerprint density at radius 3 is 3.08 bits per heavy atom. The number of imidazole rings is 1. The van der Waals surface area contributed by atoms with E-state index < -0.39 is 0 Å². The van der Waals surface area contributed by atoms with Gasteiger partial charge in [0, 0.05) is 25.6 Å². The van der Waals surface area contributed by atoms with Crippen molar-refractivity contribution in [2.24, 2.45) is 0 Å². The number of amides is 1. The number of carbonyl (C=O) groups is 1. The summed E-state index contributed by atoms with van der Waals surface area (Å²) >= 11 is 0. The molecule has 0 spiro atoms. The van der Waals surface area contributed by atoms with Gasteiger partial charge in [0.1, 0.15) is 11.8 Å². The fourth-order valence-electron chi connectivity index (χ4n) is 3.30. The van der Waals surface area contributed by atoms with Crippen molar-refractivity contribution < 1.29 is 4.79 Å². The van der Waals surface area contributed by atoms with Crippen molar-refractivity contribution in [1.82, 2.24) is 24.8 Å². The van der Waals surface area contributed by atoms with E-state index in [-0.39, 0.29) is 0 Å². The smallest absolute Gasteiger partial charge is 0.222 e. The molecule has 1 aliphatic heterocycles. The van der Waals surface area contributed by atoms with Gasteiger partial charge in [-0.15, -0.1) is 0 Å². The van der Waals surface area contributed by atoms with Crippen LogP contribution < -0.4 is 5.32 Å². The van der Waals surface area contributed by atoms with Crippen molar-refractivity contribution in [3.8, 4) is 0 Å². The molecule has 2 N–H and O–H groups in total. The molecule has 130 valence electrons. The maximum atomic E-state index is 12.3. The fraction of sp³-hybridized carbons (Fsp3) is 0.647. The van der Waals surface area contributed by atoms with E-state index >= 15 is 0 Å². The maximum absolute atomic E-state index is 12.3. The zero-order valence-electron chi connectivity index (χ0n) is 14.3. The van der Waals surface area contributed by atoms with Crippen LogP contribution in [0.25, 0.3) is 11.2 Å². The fourth-order valence-corrected chi connectivity index (χ4v) is 3.30. The van der Waals surface area contributed by atoms with Gasteiger partial charge >= 0.3 is 0 Å². The Kier molecular flexibility index (Phi) is 5.61. The monoisotopic (exact) mass is 330 g/mol. The SMILES string of the molecule is CC1CCCCN1C(=O)CCCCCNc1ncnc2nc[nH]c12.